The van der Waals surface area contributed by atoms with E-state index >= 15 is 0 Å². The summed E-state index contributed by atoms with van der Waals surface area (Å²) in [5.41, 5.74) is 1.09. The Labute approximate surface area is 150 Å². The first-order valence-electron chi connectivity index (χ1n) is 9.60. The Hall–Kier alpha value is -1.55. The smallest absolute Gasteiger partial charge is 0.233 e. The summed E-state index contributed by atoms with van der Waals surface area (Å²) in [6, 6.07) is 8.00. The number of amides is 1. The Kier molecular flexibility index (Phi) is 4.06. The van der Waals surface area contributed by atoms with Crippen LogP contribution in [0.25, 0.3) is 0 Å². The van der Waals surface area contributed by atoms with E-state index in [2.05, 4.69) is 12.1 Å². The Balaban J connectivity index is 1.62. The van der Waals surface area contributed by atoms with Crippen molar-refractivity contribution in [3.05, 3.63) is 29.8 Å². The lowest BCUT2D eigenvalue weighted by Gasteiger charge is -2.61. The number of ether oxygens (including phenoxy) is 1. The van der Waals surface area contributed by atoms with Crippen LogP contribution in [0.3, 0.4) is 0 Å². The third-order valence-electron chi connectivity index (χ3n) is 7.08. The van der Waals surface area contributed by atoms with Crippen molar-refractivity contribution < 1.29 is 14.6 Å². The van der Waals surface area contributed by atoms with Crippen LogP contribution in [-0.2, 0) is 10.2 Å². The largest absolute Gasteiger partial charge is 0.497 e. The molecule has 0 aliphatic heterocycles. The van der Waals surface area contributed by atoms with Crippen molar-refractivity contribution in [3.8, 4) is 5.75 Å². The molecule has 0 saturated heterocycles. The number of aliphatic hydroxyl groups is 1. The maximum Gasteiger partial charge on any atom is 0.233 e. The first-order valence-corrected chi connectivity index (χ1v) is 9.60. The molecular formula is C21H29NO3. The number of aliphatic hydroxyl groups excluding tert-OH is 1. The molecule has 3 fully saturated rings. The van der Waals surface area contributed by atoms with Crippen molar-refractivity contribution in [2.24, 2.45) is 5.41 Å². The van der Waals surface area contributed by atoms with Crippen molar-refractivity contribution >= 4 is 5.91 Å². The van der Waals surface area contributed by atoms with E-state index in [4.69, 9.17) is 4.74 Å². The summed E-state index contributed by atoms with van der Waals surface area (Å²) in [6.45, 7) is 0. The van der Waals surface area contributed by atoms with Gasteiger partial charge in [-0.15, -0.1) is 0 Å². The van der Waals surface area contributed by atoms with Crippen LogP contribution >= 0.6 is 0 Å². The van der Waals surface area contributed by atoms with Gasteiger partial charge in [0.25, 0.3) is 0 Å². The van der Waals surface area contributed by atoms with Crippen LogP contribution in [0.2, 0.25) is 0 Å². The van der Waals surface area contributed by atoms with Gasteiger partial charge in [-0.25, -0.2) is 0 Å². The molecule has 1 amide bonds. The molecule has 3 aliphatic carbocycles. The molecule has 136 valence electrons. The maximum atomic E-state index is 13.5. The van der Waals surface area contributed by atoms with Crippen molar-refractivity contribution in [1.82, 2.24) is 4.90 Å². The average molecular weight is 343 g/mol. The number of carbonyl (C=O) groups excluding carboxylic acids is 1. The lowest BCUT2D eigenvalue weighted by molar-refractivity contribution is -0.155. The van der Waals surface area contributed by atoms with E-state index in [0.717, 1.165) is 43.4 Å². The third kappa shape index (κ3) is 2.57. The van der Waals surface area contributed by atoms with Gasteiger partial charge in [0.15, 0.2) is 0 Å². The molecule has 4 rings (SSSR count). The average Bonchev–Trinajstić information content (AvgIpc) is 2.98. The Morgan fingerprint density at radius 2 is 1.84 bits per heavy atom. The zero-order valence-electron chi connectivity index (χ0n) is 15.3. The molecule has 0 radical (unpaired) electrons. The topological polar surface area (TPSA) is 49.8 Å². The van der Waals surface area contributed by atoms with E-state index in [-0.39, 0.29) is 18.1 Å². The molecule has 3 saturated carbocycles. The number of hydrogen-bond donors (Lipinski definition) is 1. The second-order valence-corrected chi connectivity index (χ2v) is 8.50. The minimum absolute atomic E-state index is 0.0273. The van der Waals surface area contributed by atoms with Crippen LogP contribution in [0.5, 0.6) is 5.75 Å². The molecule has 4 nitrogen and oxygen atoms in total. The zero-order chi connectivity index (χ0) is 17.7. The van der Waals surface area contributed by atoms with Gasteiger partial charge in [-0.2, -0.15) is 0 Å². The summed E-state index contributed by atoms with van der Waals surface area (Å²) in [4.78, 5) is 15.4. The van der Waals surface area contributed by atoms with Gasteiger partial charge in [-0.1, -0.05) is 18.6 Å². The fourth-order valence-corrected chi connectivity index (χ4v) is 5.51. The van der Waals surface area contributed by atoms with Gasteiger partial charge in [-0.3, -0.25) is 4.79 Å². The minimum Gasteiger partial charge on any atom is -0.497 e. The number of carbonyl (C=O) groups is 1. The Bertz CT molecular complexity index is 642. The van der Waals surface area contributed by atoms with Crippen LogP contribution in [0, 0.1) is 5.41 Å². The van der Waals surface area contributed by atoms with E-state index in [9.17, 15) is 9.90 Å². The molecule has 0 heterocycles. The molecule has 1 aromatic carbocycles. The quantitative estimate of drug-likeness (QED) is 0.913. The van der Waals surface area contributed by atoms with Crippen LogP contribution in [0.15, 0.2) is 24.3 Å². The van der Waals surface area contributed by atoms with Crippen LogP contribution in [0.1, 0.15) is 56.9 Å². The predicted molar refractivity (Wildman–Crippen MR) is 96.6 cm³/mol. The Morgan fingerprint density at radius 1 is 1.16 bits per heavy atom. The van der Waals surface area contributed by atoms with Gasteiger partial charge in [0, 0.05) is 7.05 Å². The van der Waals surface area contributed by atoms with Gasteiger partial charge in [0.1, 0.15) is 5.75 Å². The molecule has 25 heavy (non-hydrogen) atoms. The predicted octanol–water partition coefficient (Wildman–Crippen LogP) is 3.27. The molecule has 1 N–H and O–H groups in total. The lowest BCUT2D eigenvalue weighted by atomic mass is 9.43. The summed E-state index contributed by atoms with van der Waals surface area (Å²) < 4.78 is 5.28. The second-order valence-electron chi connectivity index (χ2n) is 8.50. The van der Waals surface area contributed by atoms with Gasteiger partial charge in [0.2, 0.25) is 5.91 Å². The number of hydrogen-bond acceptors (Lipinski definition) is 3. The highest BCUT2D eigenvalue weighted by molar-refractivity contribution is 5.90. The molecular weight excluding hydrogens is 314 g/mol. The summed E-state index contributed by atoms with van der Waals surface area (Å²) in [5, 5.41) is 10.3. The van der Waals surface area contributed by atoms with E-state index in [1.54, 1.807) is 7.11 Å². The molecule has 3 aliphatic rings. The van der Waals surface area contributed by atoms with Crippen LogP contribution in [0.4, 0.5) is 0 Å². The molecule has 1 aromatic rings. The second kappa shape index (κ2) is 6.01. The molecule has 0 aromatic heterocycles. The number of benzene rings is 1. The van der Waals surface area contributed by atoms with Gasteiger partial charge in [-0.05, 0) is 68.1 Å². The van der Waals surface area contributed by atoms with Gasteiger partial charge >= 0.3 is 0 Å². The summed E-state index contributed by atoms with van der Waals surface area (Å²) in [6.07, 6.45) is 8.07. The lowest BCUT2D eigenvalue weighted by Crippen LogP contribution is -2.62. The molecule has 0 unspecified atom stereocenters. The number of nitrogens with zero attached hydrogens (tertiary/aromatic N) is 1. The van der Waals surface area contributed by atoms with E-state index < -0.39 is 5.41 Å². The fourth-order valence-electron chi connectivity index (χ4n) is 5.51. The van der Waals surface area contributed by atoms with E-state index in [0.29, 0.717) is 5.41 Å². The van der Waals surface area contributed by atoms with Gasteiger partial charge < -0.3 is 14.7 Å². The van der Waals surface area contributed by atoms with E-state index in [1.165, 1.54) is 19.3 Å². The zero-order valence-corrected chi connectivity index (χ0v) is 15.3. The van der Waals surface area contributed by atoms with Crippen LogP contribution < -0.4 is 4.74 Å². The third-order valence-corrected chi connectivity index (χ3v) is 7.08. The number of likely N-dealkylation sites (N-methyl/N-ethyl adjacent to an activating group) is 1. The van der Waals surface area contributed by atoms with Gasteiger partial charge in [0.05, 0.1) is 24.7 Å². The van der Waals surface area contributed by atoms with E-state index in [1.807, 2.05) is 24.1 Å². The highest BCUT2D eigenvalue weighted by Crippen LogP contribution is 2.65. The molecule has 4 heteroatoms. The summed E-state index contributed by atoms with van der Waals surface area (Å²) in [5.74, 6) is 1.02. The van der Waals surface area contributed by atoms with Crippen molar-refractivity contribution in [2.75, 3.05) is 14.2 Å². The normalized spacial score (nSPS) is 28.9. The molecule has 2 atom stereocenters. The monoisotopic (exact) mass is 343 g/mol. The molecule has 1 spiro atoms. The summed E-state index contributed by atoms with van der Waals surface area (Å²) in [7, 11) is 3.55. The van der Waals surface area contributed by atoms with Crippen LogP contribution in [-0.4, -0.2) is 42.2 Å². The standard InChI is InChI=1S/C21H29NO3/c1-22(17-5-3-6-18(17)23)19(24)21(13-20(14-21)11-4-12-20)15-7-9-16(25-2)10-8-15/h7-10,17-18,23H,3-6,11-14H2,1-2H3/t17-,18-/m1/s1. The minimum atomic E-state index is -0.413. The number of methoxy groups -OCH3 is 1. The first-order chi connectivity index (χ1) is 12.0. The first kappa shape index (κ1) is 16.9. The highest BCUT2D eigenvalue weighted by Gasteiger charge is 2.62. The maximum absolute atomic E-state index is 13.5. The fraction of sp³-hybridized carbons (Fsp3) is 0.667. The van der Waals surface area contributed by atoms with Crippen molar-refractivity contribution in [1.29, 1.82) is 0 Å². The molecule has 0 bridgehead atoms. The van der Waals surface area contributed by atoms with Crippen molar-refractivity contribution in [3.63, 3.8) is 0 Å². The SMILES string of the molecule is COc1ccc(C2(C(=O)N(C)[C@@H]3CCC[C@H]3O)CC3(CCC3)C2)cc1. The van der Waals surface area contributed by atoms with Crippen molar-refractivity contribution in [2.45, 2.75) is 68.9 Å². The number of rotatable bonds is 4. The Morgan fingerprint density at radius 3 is 2.32 bits per heavy atom. The highest BCUT2D eigenvalue weighted by atomic mass is 16.5. The summed E-state index contributed by atoms with van der Waals surface area (Å²) >= 11 is 0.